The molecule has 1 saturated carbocycles. The highest BCUT2D eigenvalue weighted by Crippen LogP contribution is 2.46. The van der Waals surface area contributed by atoms with E-state index in [1.54, 1.807) is 0 Å². The third-order valence-corrected chi connectivity index (χ3v) is 15.9. The molecule has 0 aromatic rings. The van der Waals surface area contributed by atoms with Crippen molar-refractivity contribution >= 4 is 23.9 Å². The molecule has 0 aromatic heterocycles. The predicted molar refractivity (Wildman–Crippen MR) is 285 cm³/mol. The van der Waals surface area contributed by atoms with Crippen LogP contribution in [0, 0.1) is 35.5 Å². The lowest BCUT2D eigenvalue weighted by atomic mass is 9.64. The quantitative estimate of drug-likeness (QED) is 0.0334. The van der Waals surface area contributed by atoms with Crippen LogP contribution in [-0.2, 0) is 38.1 Å². The second-order valence-corrected chi connectivity index (χ2v) is 21.8. The molecule has 0 amide bonds. The summed E-state index contributed by atoms with van der Waals surface area (Å²) in [6.45, 7) is 16.4. The monoisotopic (exact) mass is 974 g/mol. The molecule has 2 heterocycles. The van der Waals surface area contributed by atoms with Gasteiger partial charge in [-0.1, -0.05) is 221 Å². The number of nitrogens with zero attached hydrogens (tertiary/aromatic N) is 1. The van der Waals surface area contributed by atoms with Crippen molar-refractivity contribution in [1.82, 2.24) is 4.90 Å². The third kappa shape index (κ3) is 29.8. The van der Waals surface area contributed by atoms with Crippen LogP contribution >= 0.6 is 0 Å². The van der Waals surface area contributed by atoms with Gasteiger partial charge in [-0.05, 0) is 70.0 Å². The van der Waals surface area contributed by atoms with Crippen molar-refractivity contribution in [2.75, 3.05) is 39.5 Å². The smallest absolute Gasteiger partial charge is 0.309 e. The van der Waals surface area contributed by atoms with E-state index in [0.717, 1.165) is 77.4 Å². The van der Waals surface area contributed by atoms with E-state index in [1.165, 1.54) is 154 Å². The Morgan fingerprint density at radius 1 is 0.478 bits per heavy atom. The second kappa shape index (κ2) is 42.4. The molecule has 2 bridgehead atoms. The zero-order chi connectivity index (χ0) is 50.2. The van der Waals surface area contributed by atoms with Crippen molar-refractivity contribution in [2.24, 2.45) is 35.5 Å². The van der Waals surface area contributed by atoms with Crippen LogP contribution in [-0.4, -0.2) is 74.3 Å². The van der Waals surface area contributed by atoms with Gasteiger partial charge >= 0.3 is 23.9 Å². The number of ether oxygens (including phenoxy) is 4. The summed E-state index contributed by atoms with van der Waals surface area (Å²) in [4.78, 5) is 56.4. The number of esters is 4. The van der Waals surface area contributed by atoms with E-state index in [0.29, 0.717) is 37.5 Å². The van der Waals surface area contributed by atoms with Gasteiger partial charge in [0.15, 0.2) is 0 Å². The van der Waals surface area contributed by atoms with Crippen LogP contribution < -0.4 is 0 Å². The van der Waals surface area contributed by atoms with Gasteiger partial charge in [-0.25, -0.2) is 0 Å². The van der Waals surface area contributed by atoms with Crippen LogP contribution in [0.15, 0.2) is 0 Å². The Morgan fingerprint density at radius 3 is 1.23 bits per heavy atom. The average Bonchev–Trinajstić information content (AvgIpc) is 3.34. The fourth-order valence-electron chi connectivity index (χ4n) is 11.3. The Bertz CT molecular complexity index is 1240. The third-order valence-electron chi connectivity index (χ3n) is 15.9. The molecule has 0 N–H and O–H groups in total. The molecular weight excluding hydrogens is 863 g/mol. The topological polar surface area (TPSA) is 108 Å². The number of hydrogen-bond acceptors (Lipinski definition) is 9. The van der Waals surface area contributed by atoms with E-state index in [4.69, 9.17) is 18.9 Å². The van der Waals surface area contributed by atoms with E-state index in [2.05, 4.69) is 46.4 Å². The Labute approximate surface area is 425 Å². The predicted octanol–water partition coefficient (Wildman–Crippen LogP) is 16.1. The summed E-state index contributed by atoms with van der Waals surface area (Å²) >= 11 is 0. The number of unbranched alkanes of at least 4 members (excludes halogenated alkanes) is 24. The maximum atomic E-state index is 13.8. The van der Waals surface area contributed by atoms with Crippen molar-refractivity contribution in [3.63, 3.8) is 0 Å². The first-order chi connectivity index (χ1) is 33.7. The minimum atomic E-state index is -0.582. The summed E-state index contributed by atoms with van der Waals surface area (Å²) in [5.41, 5.74) is 0. The van der Waals surface area contributed by atoms with Gasteiger partial charge in [-0.15, -0.1) is 0 Å². The Morgan fingerprint density at radius 2 is 0.841 bits per heavy atom. The van der Waals surface area contributed by atoms with Gasteiger partial charge in [-0.2, -0.15) is 0 Å². The van der Waals surface area contributed by atoms with Gasteiger partial charge in [0.2, 0.25) is 0 Å². The molecule has 3 aliphatic rings. The molecule has 3 fully saturated rings. The summed E-state index contributed by atoms with van der Waals surface area (Å²) < 4.78 is 24.3. The highest BCUT2D eigenvalue weighted by Gasteiger charge is 2.55. The van der Waals surface area contributed by atoms with Crippen LogP contribution in [0.2, 0.25) is 0 Å². The first-order valence-electron chi connectivity index (χ1n) is 30.1. The first kappa shape index (κ1) is 63.0. The number of hydrogen-bond donors (Lipinski definition) is 0. The molecule has 3 rings (SSSR count). The lowest BCUT2D eigenvalue weighted by Crippen LogP contribution is -2.58. The Kier molecular flexibility index (Phi) is 38.6. The van der Waals surface area contributed by atoms with Crippen molar-refractivity contribution in [2.45, 2.75) is 285 Å². The van der Waals surface area contributed by atoms with Gasteiger partial charge in [-0.3, -0.25) is 19.2 Å². The van der Waals surface area contributed by atoms with Crippen LogP contribution in [0.5, 0.6) is 0 Å². The fourth-order valence-corrected chi connectivity index (χ4v) is 11.3. The minimum Gasteiger partial charge on any atom is -0.465 e. The van der Waals surface area contributed by atoms with Crippen molar-refractivity contribution in [3.05, 3.63) is 0 Å². The molecule has 5 unspecified atom stereocenters. The molecule has 0 radical (unpaired) electrons. The summed E-state index contributed by atoms with van der Waals surface area (Å²) in [5.74, 6) is -1.69. The Hall–Kier alpha value is -2.16. The lowest BCUT2D eigenvalue weighted by molar-refractivity contribution is -0.211. The molecule has 0 aromatic carbocycles. The molecule has 9 heteroatoms. The summed E-state index contributed by atoms with van der Waals surface area (Å²) in [6.07, 6.45) is 41.1. The zero-order valence-corrected chi connectivity index (χ0v) is 46.2. The van der Waals surface area contributed by atoms with E-state index in [1.807, 2.05) is 0 Å². The maximum Gasteiger partial charge on any atom is 0.309 e. The van der Waals surface area contributed by atoms with Crippen molar-refractivity contribution in [1.29, 1.82) is 0 Å². The van der Waals surface area contributed by atoms with Crippen LogP contribution in [0.1, 0.15) is 279 Å². The van der Waals surface area contributed by atoms with Crippen LogP contribution in [0.3, 0.4) is 0 Å². The second-order valence-electron chi connectivity index (χ2n) is 21.8. The molecule has 0 spiro atoms. The lowest BCUT2D eigenvalue weighted by Gasteiger charge is -2.50. The molecule has 2 saturated heterocycles. The summed E-state index contributed by atoms with van der Waals surface area (Å²) in [7, 11) is 0. The van der Waals surface area contributed by atoms with Crippen molar-refractivity contribution in [3.8, 4) is 0 Å². The SMILES string of the molecule is CCCCCCCCCC(CCCCCCCCC)CC(=O)OCC1C2CC(COC(=O)CCCN(CC)CC)C(OC2=O)C1COC(=O)CC(CCCCCCCCC)CCCCCCCCC. The van der Waals surface area contributed by atoms with Gasteiger partial charge in [0.25, 0.3) is 0 Å². The fraction of sp³-hybridized carbons (Fsp3) is 0.933. The molecule has 1 aliphatic carbocycles. The van der Waals surface area contributed by atoms with E-state index in [9.17, 15) is 19.2 Å². The summed E-state index contributed by atoms with van der Waals surface area (Å²) in [6, 6.07) is 0. The maximum absolute atomic E-state index is 13.8. The summed E-state index contributed by atoms with van der Waals surface area (Å²) in [5, 5.41) is 0. The number of fused-ring (bicyclic) bond motifs is 3. The molecule has 404 valence electrons. The molecule has 69 heavy (non-hydrogen) atoms. The van der Waals surface area contributed by atoms with Gasteiger partial charge < -0.3 is 23.8 Å². The molecule has 5 atom stereocenters. The highest BCUT2D eigenvalue weighted by atomic mass is 16.6. The number of carbonyl (C=O) groups excluding carboxylic acids is 4. The van der Waals surface area contributed by atoms with Crippen LogP contribution in [0.25, 0.3) is 0 Å². The van der Waals surface area contributed by atoms with E-state index < -0.39 is 12.0 Å². The van der Waals surface area contributed by atoms with E-state index >= 15 is 0 Å². The van der Waals surface area contributed by atoms with Gasteiger partial charge in [0.05, 0.1) is 25.7 Å². The van der Waals surface area contributed by atoms with Crippen LogP contribution in [0.4, 0.5) is 0 Å². The minimum absolute atomic E-state index is 0.102. The van der Waals surface area contributed by atoms with Crippen molar-refractivity contribution < 1.29 is 38.1 Å². The first-order valence-corrected chi connectivity index (χ1v) is 30.1. The van der Waals surface area contributed by atoms with E-state index in [-0.39, 0.29) is 61.5 Å². The average molecular weight is 975 g/mol. The zero-order valence-electron chi connectivity index (χ0n) is 46.2. The number of rotatable bonds is 48. The largest absolute Gasteiger partial charge is 0.465 e. The normalized spacial score (nSPS) is 18.9. The standard InChI is InChI=1S/C60H111NO8/c1-7-13-17-21-25-29-33-38-50(39-34-30-26-22-18-14-8-2)44-57(63)67-48-54-53-46-52(47-66-56(62)42-37-43-61(11-5)12-6)59(69-60(53)65)55(54)49-68-58(64)45-51(40-35-31-27-23-19-15-9-3)41-36-32-28-24-20-16-10-4/h50-55,59H,7-49H2,1-6H3. The Balaban J connectivity index is 2.15. The number of carbonyl (C=O) groups is 4. The highest BCUT2D eigenvalue weighted by molar-refractivity contribution is 5.75. The van der Waals surface area contributed by atoms with Gasteiger partial charge in [0.1, 0.15) is 6.10 Å². The molecular formula is C60H111NO8. The molecule has 9 nitrogen and oxygen atoms in total. The van der Waals surface area contributed by atoms with Gasteiger partial charge in [0, 0.05) is 37.0 Å². The molecule has 2 aliphatic heterocycles.